The van der Waals surface area contributed by atoms with Crippen LogP contribution in [0.3, 0.4) is 0 Å². The Morgan fingerprint density at radius 1 is 1.31 bits per heavy atom. The maximum Gasteiger partial charge on any atom is 0.251 e. The van der Waals surface area contributed by atoms with Crippen molar-refractivity contribution in [1.82, 2.24) is 15.1 Å². The molecule has 0 radical (unpaired) electrons. The van der Waals surface area contributed by atoms with E-state index in [-0.39, 0.29) is 12.0 Å². The van der Waals surface area contributed by atoms with E-state index in [2.05, 4.69) is 16.3 Å². The number of nitrogens with one attached hydrogen (secondary N) is 1. The summed E-state index contributed by atoms with van der Waals surface area (Å²) in [5.74, 6) is 1.39. The van der Waals surface area contributed by atoms with E-state index in [1.807, 2.05) is 29.3 Å². The Morgan fingerprint density at radius 3 is 2.88 bits per heavy atom. The molecule has 26 heavy (non-hydrogen) atoms. The molecule has 0 aliphatic carbocycles. The number of nitrogens with zero attached hydrogens (tertiary/aromatic N) is 2. The molecule has 1 N–H and O–H groups in total. The lowest BCUT2D eigenvalue weighted by Gasteiger charge is -2.33. The van der Waals surface area contributed by atoms with Gasteiger partial charge in [0, 0.05) is 36.9 Å². The first kappa shape index (κ1) is 17.1. The molecule has 1 aromatic heterocycles. The third-order valence-corrected chi connectivity index (χ3v) is 5.47. The van der Waals surface area contributed by atoms with E-state index >= 15 is 0 Å². The average molecular weight is 355 g/mol. The molecule has 2 fully saturated rings. The third-order valence-electron chi connectivity index (χ3n) is 5.47. The molecule has 1 aromatic carbocycles. The fourth-order valence-electron chi connectivity index (χ4n) is 3.99. The highest BCUT2D eigenvalue weighted by Crippen LogP contribution is 2.35. The maximum absolute atomic E-state index is 12.5. The molecule has 2 aromatic rings. The summed E-state index contributed by atoms with van der Waals surface area (Å²) < 4.78 is 10.9. The van der Waals surface area contributed by atoms with Crippen LogP contribution in [0.2, 0.25) is 0 Å². The zero-order valence-electron chi connectivity index (χ0n) is 15.1. The van der Waals surface area contributed by atoms with Crippen LogP contribution in [-0.2, 0) is 9.53 Å². The van der Waals surface area contributed by atoms with Crippen LogP contribution in [0.15, 0.2) is 30.5 Å². The number of aromatic amines is 1. The third kappa shape index (κ3) is 3.33. The average Bonchev–Trinajstić information content (AvgIpc) is 3.39. The Morgan fingerprint density at radius 2 is 2.15 bits per heavy atom. The van der Waals surface area contributed by atoms with Crippen LogP contribution in [0.1, 0.15) is 37.3 Å². The van der Waals surface area contributed by atoms with Gasteiger partial charge in [-0.25, -0.2) is 0 Å². The van der Waals surface area contributed by atoms with Gasteiger partial charge in [0.05, 0.1) is 13.3 Å². The molecule has 2 aliphatic heterocycles. The molecule has 0 spiro atoms. The monoisotopic (exact) mass is 355 g/mol. The lowest BCUT2D eigenvalue weighted by Crippen LogP contribution is -2.43. The molecule has 2 saturated heterocycles. The topological polar surface area (TPSA) is 67.5 Å². The number of carbonyl (C=O) groups excluding carboxylic acids is 1. The molecule has 1 amide bonds. The van der Waals surface area contributed by atoms with Gasteiger partial charge in [0.25, 0.3) is 5.91 Å². The summed E-state index contributed by atoms with van der Waals surface area (Å²) in [4.78, 5) is 14.5. The van der Waals surface area contributed by atoms with Crippen LogP contribution in [0.25, 0.3) is 11.1 Å². The van der Waals surface area contributed by atoms with Gasteiger partial charge in [-0.3, -0.25) is 9.89 Å². The quantitative estimate of drug-likeness (QED) is 0.916. The number of carbonyl (C=O) groups is 1. The smallest absolute Gasteiger partial charge is 0.251 e. The van der Waals surface area contributed by atoms with Gasteiger partial charge in [-0.1, -0.05) is 12.1 Å². The zero-order valence-corrected chi connectivity index (χ0v) is 15.1. The van der Waals surface area contributed by atoms with E-state index in [9.17, 15) is 4.79 Å². The molecule has 3 heterocycles. The lowest BCUT2D eigenvalue weighted by molar-refractivity contribution is -0.142. The Hall–Kier alpha value is -2.34. The van der Waals surface area contributed by atoms with Gasteiger partial charge in [0.2, 0.25) is 0 Å². The van der Waals surface area contributed by atoms with Crippen molar-refractivity contribution in [2.45, 2.75) is 37.7 Å². The molecule has 4 rings (SSSR count). The number of amides is 1. The number of rotatable bonds is 4. The summed E-state index contributed by atoms with van der Waals surface area (Å²) in [5.41, 5.74) is 3.38. The molecule has 0 saturated carbocycles. The second-order valence-corrected chi connectivity index (χ2v) is 7.03. The minimum atomic E-state index is -0.217. The van der Waals surface area contributed by atoms with E-state index in [1.54, 1.807) is 7.11 Å². The number of hydrogen-bond donors (Lipinski definition) is 1. The molecule has 0 unspecified atom stereocenters. The van der Waals surface area contributed by atoms with Crippen molar-refractivity contribution in [3.05, 3.63) is 36.2 Å². The number of benzene rings is 1. The minimum absolute atomic E-state index is 0.165. The standard InChI is InChI=1S/C20H25N3O3/c1-25-16-5-2-4-15(12-16)17-13-21-22-19(17)14-7-9-23(10-8-14)20(24)18-6-3-11-26-18/h2,4-5,12-14,18H,3,6-11H2,1H3,(H,21,22)/t18-/m1/s1. The van der Waals surface area contributed by atoms with Crippen LogP contribution < -0.4 is 4.74 Å². The van der Waals surface area contributed by atoms with E-state index in [0.29, 0.717) is 12.5 Å². The Labute approximate surface area is 153 Å². The van der Waals surface area contributed by atoms with Crippen LogP contribution in [0, 0.1) is 0 Å². The molecule has 2 aliphatic rings. The van der Waals surface area contributed by atoms with Gasteiger partial charge in [0.1, 0.15) is 11.9 Å². The summed E-state index contributed by atoms with van der Waals surface area (Å²) in [7, 11) is 1.68. The summed E-state index contributed by atoms with van der Waals surface area (Å²) in [6, 6.07) is 8.05. The van der Waals surface area contributed by atoms with Crippen molar-refractivity contribution >= 4 is 5.91 Å². The van der Waals surface area contributed by atoms with E-state index < -0.39 is 0 Å². The van der Waals surface area contributed by atoms with Crippen molar-refractivity contribution in [3.63, 3.8) is 0 Å². The molecule has 138 valence electrons. The zero-order chi connectivity index (χ0) is 17.9. The second-order valence-electron chi connectivity index (χ2n) is 7.03. The number of likely N-dealkylation sites (tertiary alicyclic amines) is 1. The predicted octanol–water partition coefficient (Wildman–Crippen LogP) is 2.97. The van der Waals surface area contributed by atoms with E-state index in [1.165, 1.54) is 0 Å². The van der Waals surface area contributed by atoms with Crippen molar-refractivity contribution in [2.75, 3.05) is 26.8 Å². The SMILES string of the molecule is COc1cccc(-c2cn[nH]c2C2CCN(C(=O)[C@H]3CCCO3)CC2)c1. The van der Waals surface area contributed by atoms with Gasteiger partial charge >= 0.3 is 0 Å². The number of methoxy groups -OCH3 is 1. The van der Waals surface area contributed by atoms with Gasteiger partial charge in [-0.05, 0) is 43.4 Å². The van der Waals surface area contributed by atoms with Crippen molar-refractivity contribution in [3.8, 4) is 16.9 Å². The lowest BCUT2D eigenvalue weighted by atomic mass is 9.89. The largest absolute Gasteiger partial charge is 0.497 e. The Balaban J connectivity index is 1.45. The van der Waals surface area contributed by atoms with Crippen LogP contribution in [0.5, 0.6) is 5.75 Å². The number of ether oxygens (including phenoxy) is 2. The highest BCUT2D eigenvalue weighted by molar-refractivity contribution is 5.81. The summed E-state index contributed by atoms with van der Waals surface area (Å²) >= 11 is 0. The molecule has 1 atom stereocenters. The van der Waals surface area contributed by atoms with Gasteiger partial charge < -0.3 is 14.4 Å². The minimum Gasteiger partial charge on any atom is -0.497 e. The van der Waals surface area contributed by atoms with Crippen molar-refractivity contribution in [1.29, 1.82) is 0 Å². The summed E-state index contributed by atoms with van der Waals surface area (Å²) in [6.07, 6.45) is 5.40. The molecular formula is C20H25N3O3. The van der Waals surface area contributed by atoms with Crippen LogP contribution in [-0.4, -0.2) is 53.9 Å². The molecule has 6 heteroatoms. The summed E-state index contributed by atoms with van der Waals surface area (Å²) in [6.45, 7) is 2.27. The highest BCUT2D eigenvalue weighted by Gasteiger charge is 2.32. The first-order valence-electron chi connectivity index (χ1n) is 9.34. The van der Waals surface area contributed by atoms with Gasteiger partial charge in [-0.2, -0.15) is 5.10 Å². The Kier molecular flexibility index (Phi) is 4.93. The summed E-state index contributed by atoms with van der Waals surface area (Å²) in [5, 5.41) is 7.47. The predicted molar refractivity (Wildman–Crippen MR) is 98.1 cm³/mol. The molecule has 0 bridgehead atoms. The second kappa shape index (κ2) is 7.50. The van der Waals surface area contributed by atoms with Crippen molar-refractivity contribution < 1.29 is 14.3 Å². The fourth-order valence-corrected chi connectivity index (χ4v) is 3.99. The fraction of sp³-hybridized carbons (Fsp3) is 0.500. The molecule has 6 nitrogen and oxygen atoms in total. The van der Waals surface area contributed by atoms with E-state index in [0.717, 1.165) is 61.3 Å². The van der Waals surface area contributed by atoms with Gasteiger partial charge in [-0.15, -0.1) is 0 Å². The van der Waals surface area contributed by atoms with Crippen molar-refractivity contribution in [2.24, 2.45) is 0 Å². The van der Waals surface area contributed by atoms with E-state index in [4.69, 9.17) is 9.47 Å². The first-order valence-corrected chi connectivity index (χ1v) is 9.34. The number of aromatic nitrogens is 2. The normalized spacial score (nSPS) is 21.1. The Bertz CT molecular complexity index is 759. The molecular weight excluding hydrogens is 330 g/mol. The first-order chi connectivity index (χ1) is 12.8. The number of piperidine rings is 1. The van der Waals surface area contributed by atoms with Crippen LogP contribution >= 0.6 is 0 Å². The van der Waals surface area contributed by atoms with Gasteiger partial charge in [0.15, 0.2) is 0 Å². The number of hydrogen-bond acceptors (Lipinski definition) is 4. The maximum atomic E-state index is 12.5. The number of H-pyrrole nitrogens is 1. The van der Waals surface area contributed by atoms with Crippen LogP contribution in [0.4, 0.5) is 0 Å². The highest BCUT2D eigenvalue weighted by atomic mass is 16.5.